The highest BCUT2D eigenvalue weighted by molar-refractivity contribution is 8.00. The highest BCUT2D eigenvalue weighted by atomic mass is 32.2. The van der Waals surface area contributed by atoms with Crippen LogP contribution in [0.15, 0.2) is 29.4 Å². The zero-order valence-corrected chi connectivity index (χ0v) is 15.4. The average molecular weight is 362 g/mol. The highest BCUT2D eigenvalue weighted by Gasteiger charge is 2.17. The molecule has 0 spiro atoms. The lowest BCUT2D eigenvalue weighted by Gasteiger charge is -2.10. The molecule has 2 rings (SSSR count). The molecule has 0 aliphatic rings. The van der Waals surface area contributed by atoms with E-state index in [9.17, 15) is 9.59 Å². The number of ether oxygens (including phenoxy) is 1. The Morgan fingerprint density at radius 1 is 1.32 bits per heavy atom. The van der Waals surface area contributed by atoms with Crippen LogP contribution in [0.5, 0.6) is 0 Å². The zero-order chi connectivity index (χ0) is 18.2. The Labute approximate surface area is 150 Å². The van der Waals surface area contributed by atoms with Crippen molar-refractivity contribution in [3.05, 3.63) is 35.7 Å². The van der Waals surface area contributed by atoms with Gasteiger partial charge in [0.2, 0.25) is 11.1 Å². The molecule has 1 aromatic heterocycles. The van der Waals surface area contributed by atoms with E-state index in [1.165, 1.54) is 18.9 Å². The van der Waals surface area contributed by atoms with Gasteiger partial charge < -0.3 is 10.1 Å². The molecule has 25 heavy (non-hydrogen) atoms. The van der Waals surface area contributed by atoms with Crippen molar-refractivity contribution < 1.29 is 14.3 Å². The Kier molecular flexibility index (Phi) is 7.00. The maximum Gasteiger partial charge on any atom is 0.337 e. The number of aryl methyl sites for hydroxylation is 1. The van der Waals surface area contributed by atoms with Crippen LogP contribution >= 0.6 is 11.8 Å². The summed E-state index contributed by atoms with van der Waals surface area (Å²) in [4.78, 5) is 28.1. The minimum absolute atomic E-state index is 0.157. The smallest absolute Gasteiger partial charge is 0.337 e. The monoisotopic (exact) mass is 362 g/mol. The van der Waals surface area contributed by atoms with Crippen LogP contribution in [-0.2, 0) is 16.0 Å². The molecule has 0 aliphatic carbocycles. The van der Waals surface area contributed by atoms with E-state index in [2.05, 4.69) is 32.2 Å². The van der Waals surface area contributed by atoms with Crippen molar-refractivity contribution in [1.82, 2.24) is 15.2 Å². The van der Waals surface area contributed by atoms with Crippen molar-refractivity contribution in [2.24, 2.45) is 0 Å². The molecule has 0 aliphatic heterocycles. The van der Waals surface area contributed by atoms with Gasteiger partial charge in [0.1, 0.15) is 5.82 Å². The topological polar surface area (TPSA) is 97.0 Å². The van der Waals surface area contributed by atoms with Gasteiger partial charge in [0.25, 0.3) is 0 Å². The number of carbonyl (C=O) groups is 2. The lowest BCUT2D eigenvalue weighted by molar-refractivity contribution is -0.115. The summed E-state index contributed by atoms with van der Waals surface area (Å²) >= 11 is 1.30. The van der Waals surface area contributed by atoms with Crippen molar-refractivity contribution in [2.75, 3.05) is 12.4 Å². The Morgan fingerprint density at radius 2 is 2.04 bits per heavy atom. The molecule has 134 valence electrons. The number of H-pyrrole nitrogens is 1. The van der Waals surface area contributed by atoms with Crippen molar-refractivity contribution in [3.8, 4) is 0 Å². The fraction of sp³-hybridized carbons (Fsp3) is 0.412. The fourth-order valence-corrected chi connectivity index (χ4v) is 2.79. The molecule has 7 nitrogen and oxygen atoms in total. The van der Waals surface area contributed by atoms with Gasteiger partial charge in [-0.05, 0) is 37.6 Å². The molecule has 0 saturated heterocycles. The number of thioether (sulfide) groups is 1. The van der Waals surface area contributed by atoms with E-state index >= 15 is 0 Å². The molecule has 0 bridgehead atoms. The summed E-state index contributed by atoms with van der Waals surface area (Å²) in [5.41, 5.74) is 1.05. The number of amides is 1. The zero-order valence-electron chi connectivity index (χ0n) is 14.5. The van der Waals surface area contributed by atoms with Gasteiger partial charge in [-0.3, -0.25) is 9.89 Å². The summed E-state index contributed by atoms with van der Waals surface area (Å²) in [5.74, 6) is 0.274. The van der Waals surface area contributed by atoms with Gasteiger partial charge >= 0.3 is 5.97 Å². The van der Waals surface area contributed by atoms with Gasteiger partial charge in [-0.2, -0.15) is 0 Å². The molecule has 1 heterocycles. The molecule has 1 aromatic carbocycles. The highest BCUT2D eigenvalue weighted by Crippen LogP contribution is 2.21. The third-order valence-corrected chi connectivity index (χ3v) is 4.46. The maximum atomic E-state index is 12.3. The van der Waals surface area contributed by atoms with Crippen molar-refractivity contribution in [1.29, 1.82) is 0 Å². The minimum Gasteiger partial charge on any atom is -0.465 e. The largest absolute Gasteiger partial charge is 0.465 e. The second-order valence-electron chi connectivity index (χ2n) is 5.49. The first kappa shape index (κ1) is 19.0. The molecule has 0 saturated carbocycles. The summed E-state index contributed by atoms with van der Waals surface area (Å²) in [6, 6.07) is 6.54. The number of anilines is 1. The number of hydrogen-bond donors (Lipinski definition) is 2. The number of aromatic amines is 1. The predicted octanol–water partition coefficient (Wildman–Crippen LogP) is 3.05. The van der Waals surface area contributed by atoms with Crippen LogP contribution in [0, 0.1) is 0 Å². The van der Waals surface area contributed by atoms with E-state index in [1.807, 2.05) is 0 Å². The van der Waals surface area contributed by atoms with Crippen molar-refractivity contribution in [2.45, 2.75) is 43.5 Å². The standard InChI is InChI=1S/C17H22N4O3S/c1-4-5-6-14-19-17(21-20-14)25-11(2)15(22)18-13-9-7-12(8-10-13)16(23)24-3/h7-11H,4-6H2,1-3H3,(H,18,22)(H,19,20,21)/t11-/m1/s1. The van der Waals surface area contributed by atoms with E-state index < -0.39 is 5.97 Å². The van der Waals surface area contributed by atoms with Crippen LogP contribution in [0.3, 0.4) is 0 Å². The Balaban J connectivity index is 1.89. The van der Waals surface area contributed by atoms with E-state index in [4.69, 9.17) is 0 Å². The summed E-state index contributed by atoms with van der Waals surface area (Å²) < 4.78 is 4.64. The molecular formula is C17H22N4O3S. The molecule has 2 N–H and O–H groups in total. The summed E-state index contributed by atoms with van der Waals surface area (Å²) in [5, 5.41) is 10.1. The number of aromatic nitrogens is 3. The first-order valence-corrected chi connectivity index (χ1v) is 8.98. The predicted molar refractivity (Wildman–Crippen MR) is 96.7 cm³/mol. The first-order chi connectivity index (χ1) is 12.0. The molecule has 2 aromatic rings. The number of rotatable bonds is 8. The number of unbranched alkanes of at least 4 members (excludes halogenated alkanes) is 1. The normalized spacial score (nSPS) is 11.8. The second kappa shape index (κ2) is 9.22. The van der Waals surface area contributed by atoms with Gasteiger partial charge in [0.15, 0.2) is 0 Å². The SMILES string of the molecule is CCCCc1nc(S[C@H](C)C(=O)Nc2ccc(C(=O)OC)cc2)n[nH]1. The van der Waals surface area contributed by atoms with Crippen LogP contribution in [0.1, 0.15) is 42.9 Å². The first-order valence-electron chi connectivity index (χ1n) is 8.10. The van der Waals surface area contributed by atoms with Gasteiger partial charge in [0.05, 0.1) is 17.9 Å². The molecule has 0 unspecified atom stereocenters. The van der Waals surface area contributed by atoms with Gasteiger partial charge in [0, 0.05) is 12.1 Å². The second-order valence-corrected chi connectivity index (χ2v) is 6.79. The number of methoxy groups -OCH3 is 1. The molecule has 8 heteroatoms. The van der Waals surface area contributed by atoms with Crippen LogP contribution in [0.4, 0.5) is 5.69 Å². The van der Waals surface area contributed by atoms with Gasteiger partial charge in [-0.25, -0.2) is 9.78 Å². The van der Waals surface area contributed by atoms with Crippen LogP contribution in [0.25, 0.3) is 0 Å². The quantitative estimate of drug-likeness (QED) is 0.553. The van der Waals surface area contributed by atoms with Crippen LogP contribution in [-0.4, -0.2) is 39.4 Å². The van der Waals surface area contributed by atoms with Crippen LogP contribution in [0.2, 0.25) is 0 Å². The number of hydrogen-bond acceptors (Lipinski definition) is 6. The summed E-state index contributed by atoms with van der Waals surface area (Å²) in [6.07, 6.45) is 3.00. The number of nitrogens with zero attached hydrogens (tertiary/aromatic N) is 2. The lowest BCUT2D eigenvalue weighted by Crippen LogP contribution is -2.22. The third-order valence-electron chi connectivity index (χ3n) is 3.50. The molecular weight excluding hydrogens is 340 g/mol. The summed E-state index contributed by atoms with van der Waals surface area (Å²) in [7, 11) is 1.33. The Hall–Kier alpha value is -2.35. The van der Waals surface area contributed by atoms with E-state index in [0.29, 0.717) is 16.4 Å². The average Bonchev–Trinajstić information content (AvgIpc) is 3.07. The van der Waals surface area contributed by atoms with Gasteiger partial charge in [-0.1, -0.05) is 25.1 Å². The van der Waals surface area contributed by atoms with Crippen LogP contribution < -0.4 is 5.32 Å². The maximum absolute atomic E-state index is 12.3. The summed E-state index contributed by atoms with van der Waals surface area (Å²) in [6.45, 7) is 3.92. The molecule has 1 amide bonds. The molecule has 0 fully saturated rings. The molecule has 1 atom stereocenters. The van der Waals surface area contributed by atoms with Crippen molar-refractivity contribution >= 4 is 29.3 Å². The number of benzene rings is 1. The number of carbonyl (C=O) groups excluding carboxylic acids is 2. The Bertz CT molecular complexity index is 715. The van der Waals surface area contributed by atoms with Crippen molar-refractivity contribution in [3.63, 3.8) is 0 Å². The van der Waals surface area contributed by atoms with E-state index in [0.717, 1.165) is 25.1 Å². The minimum atomic E-state index is -0.412. The number of nitrogens with one attached hydrogen (secondary N) is 2. The number of esters is 1. The van der Waals surface area contributed by atoms with Gasteiger partial charge in [-0.15, -0.1) is 5.10 Å². The lowest BCUT2D eigenvalue weighted by atomic mass is 10.2. The third kappa shape index (κ3) is 5.60. The Morgan fingerprint density at radius 3 is 2.68 bits per heavy atom. The van der Waals surface area contributed by atoms with E-state index in [1.54, 1.807) is 31.2 Å². The van der Waals surface area contributed by atoms with E-state index in [-0.39, 0.29) is 11.2 Å². The fourth-order valence-electron chi connectivity index (χ4n) is 2.05. The molecule has 0 radical (unpaired) electrons.